The number of hydrogen-bond acceptors (Lipinski definition) is 2. The van der Waals surface area contributed by atoms with Crippen molar-refractivity contribution in [1.29, 1.82) is 0 Å². The van der Waals surface area contributed by atoms with Crippen LogP contribution in [0.1, 0.15) is 57.5 Å². The molecule has 0 radical (unpaired) electrons. The summed E-state index contributed by atoms with van der Waals surface area (Å²) < 4.78 is 0. The Morgan fingerprint density at radius 3 is 2.26 bits per heavy atom. The summed E-state index contributed by atoms with van der Waals surface area (Å²) in [5, 5.41) is 9.45. The Labute approximate surface area is 182 Å². The molecule has 31 heavy (non-hydrogen) atoms. The predicted molar refractivity (Wildman–Crippen MR) is 121 cm³/mol. The van der Waals surface area contributed by atoms with Crippen LogP contribution in [0.2, 0.25) is 0 Å². The summed E-state index contributed by atoms with van der Waals surface area (Å²) in [5.74, 6) is -0.742. The Hall–Kier alpha value is -3.40. The van der Waals surface area contributed by atoms with Crippen molar-refractivity contribution >= 4 is 11.9 Å². The molecule has 2 aliphatic rings. The lowest BCUT2D eigenvalue weighted by atomic mass is 9.95. The van der Waals surface area contributed by atoms with Crippen molar-refractivity contribution in [3.63, 3.8) is 0 Å². The van der Waals surface area contributed by atoms with E-state index in [1.807, 2.05) is 43.3 Å². The van der Waals surface area contributed by atoms with Gasteiger partial charge in [0.2, 0.25) is 0 Å². The van der Waals surface area contributed by atoms with Crippen LogP contribution in [0.25, 0.3) is 22.3 Å². The number of aromatic carboxylic acids is 1. The van der Waals surface area contributed by atoms with Crippen LogP contribution in [-0.2, 0) is 6.54 Å². The molecule has 1 saturated carbocycles. The first-order valence-corrected chi connectivity index (χ1v) is 10.9. The highest BCUT2D eigenvalue weighted by Gasteiger charge is 2.34. The number of benzene rings is 3. The van der Waals surface area contributed by atoms with E-state index in [0.717, 1.165) is 51.8 Å². The maximum absolute atomic E-state index is 12.9. The molecule has 4 nitrogen and oxygen atoms in total. The molecule has 1 aliphatic heterocycles. The molecular weight excluding hydrogens is 386 g/mol. The molecule has 3 aromatic carbocycles. The van der Waals surface area contributed by atoms with Crippen molar-refractivity contribution in [2.45, 2.75) is 45.2 Å². The summed E-state index contributed by atoms with van der Waals surface area (Å²) in [6.07, 6.45) is 4.66. The van der Waals surface area contributed by atoms with Gasteiger partial charge in [-0.15, -0.1) is 0 Å². The first-order valence-electron chi connectivity index (χ1n) is 10.9. The van der Waals surface area contributed by atoms with Crippen LogP contribution in [-0.4, -0.2) is 27.9 Å². The topological polar surface area (TPSA) is 57.6 Å². The highest BCUT2D eigenvalue weighted by molar-refractivity contribution is 5.99. The molecule has 0 bridgehead atoms. The van der Waals surface area contributed by atoms with Crippen molar-refractivity contribution in [3.05, 3.63) is 82.9 Å². The molecule has 1 heterocycles. The molecule has 3 aromatic rings. The van der Waals surface area contributed by atoms with Gasteiger partial charge >= 0.3 is 5.97 Å². The summed E-state index contributed by atoms with van der Waals surface area (Å²) in [6.45, 7) is 2.51. The quantitative estimate of drug-likeness (QED) is 0.579. The minimum absolute atomic E-state index is 0.169. The minimum atomic E-state index is -0.911. The molecule has 1 aliphatic carbocycles. The van der Waals surface area contributed by atoms with Gasteiger partial charge in [0.05, 0.1) is 5.56 Å². The number of nitrogens with zero attached hydrogens (tertiary/aromatic N) is 1. The van der Waals surface area contributed by atoms with Gasteiger partial charge in [0, 0.05) is 18.2 Å². The highest BCUT2D eigenvalue weighted by atomic mass is 16.4. The molecule has 0 saturated heterocycles. The Balaban J connectivity index is 1.47. The molecule has 0 unspecified atom stereocenters. The van der Waals surface area contributed by atoms with Crippen molar-refractivity contribution in [1.82, 2.24) is 4.90 Å². The zero-order valence-electron chi connectivity index (χ0n) is 17.6. The summed E-state index contributed by atoms with van der Waals surface area (Å²) in [4.78, 5) is 26.4. The van der Waals surface area contributed by atoms with Crippen LogP contribution < -0.4 is 0 Å². The molecular formula is C27H25NO3. The lowest BCUT2D eigenvalue weighted by Crippen LogP contribution is -2.33. The second-order valence-electron chi connectivity index (χ2n) is 8.66. The average Bonchev–Trinajstić information content (AvgIpc) is 3.42. The normalized spacial score (nSPS) is 16.0. The molecule has 1 amide bonds. The maximum atomic E-state index is 12.9. The summed E-state index contributed by atoms with van der Waals surface area (Å²) >= 11 is 0. The van der Waals surface area contributed by atoms with Crippen LogP contribution in [0.3, 0.4) is 0 Å². The lowest BCUT2D eigenvalue weighted by molar-refractivity contribution is 0.0691. The Morgan fingerprint density at radius 1 is 0.903 bits per heavy atom. The van der Waals surface area contributed by atoms with Crippen LogP contribution in [0, 0.1) is 6.92 Å². The second kappa shape index (κ2) is 7.69. The second-order valence-corrected chi connectivity index (χ2v) is 8.66. The standard InChI is InChI=1S/C27H25NO3/c1-17-9-10-21(15-25(17)27(30)31)19-6-4-5-18(13-19)20-11-12-24-22(14-20)16-28(26(24)29)23-7-2-3-8-23/h4-6,9-15,23H,2-3,7-8,16H2,1H3,(H,30,31). The molecule has 0 aromatic heterocycles. The number of aryl methyl sites for hydroxylation is 1. The number of fused-ring (bicyclic) bond motifs is 1. The van der Waals surface area contributed by atoms with Gasteiger partial charge in [0.1, 0.15) is 0 Å². The fraction of sp³-hybridized carbons (Fsp3) is 0.259. The summed E-state index contributed by atoms with van der Waals surface area (Å²) in [7, 11) is 0. The van der Waals surface area contributed by atoms with E-state index in [9.17, 15) is 14.7 Å². The first-order chi connectivity index (χ1) is 15.0. The number of carboxylic acid groups (broad SMARTS) is 1. The summed E-state index contributed by atoms with van der Waals surface area (Å²) in [6, 6.07) is 20.2. The Kier molecular flexibility index (Phi) is 4.85. The van der Waals surface area contributed by atoms with E-state index in [1.54, 1.807) is 6.07 Å². The fourth-order valence-electron chi connectivity index (χ4n) is 4.94. The Bertz CT molecular complexity index is 1190. The third-order valence-corrected chi connectivity index (χ3v) is 6.70. The fourth-order valence-corrected chi connectivity index (χ4v) is 4.94. The zero-order valence-corrected chi connectivity index (χ0v) is 17.6. The third kappa shape index (κ3) is 3.52. The van der Waals surface area contributed by atoms with Gasteiger partial charge in [-0.3, -0.25) is 4.79 Å². The van der Waals surface area contributed by atoms with Crippen LogP contribution in [0.5, 0.6) is 0 Å². The van der Waals surface area contributed by atoms with Gasteiger partial charge in [0.25, 0.3) is 5.91 Å². The van der Waals surface area contributed by atoms with Crippen LogP contribution in [0.4, 0.5) is 0 Å². The summed E-state index contributed by atoms with van der Waals surface area (Å²) in [5.41, 5.74) is 7.00. The van der Waals surface area contributed by atoms with Gasteiger partial charge in [-0.25, -0.2) is 4.79 Å². The maximum Gasteiger partial charge on any atom is 0.335 e. The van der Waals surface area contributed by atoms with Gasteiger partial charge in [0.15, 0.2) is 0 Å². The van der Waals surface area contributed by atoms with E-state index in [2.05, 4.69) is 23.1 Å². The molecule has 156 valence electrons. The highest BCUT2D eigenvalue weighted by Crippen LogP contribution is 2.35. The van der Waals surface area contributed by atoms with E-state index in [0.29, 0.717) is 18.2 Å². The van der Waals surface area contributed by atoms with E-state index in [4.69, 9.17) is 0 Å². The molecule has 4 heteroatoms. The van der Waals surface area contributed by atoms with Crippen molar-refractivity contribution in [2.24, 2.45) is 0 Å². The number of amides is 1. The van der Waals surface area contributed by atoms with E-state index < -0.39 is 5.97 Å². The average molecular weight is 412 g/mol. The van der Waals surface area contributed by atoms with Gasteiger partial charge < -0.3 is 10.0 Å². The number of carbonyl (C=O) groups excluding carboxylic acids is 1. The monoisotopic (exact) mass is 411 g/mol. The van der Waals surface area contributed by atoms with Crippen molar-refractivity contribution in [3.8, 4) is 22.3 Å². The first kappa shape index (κ1) is 19.6. The molecule has 0 spiro atoms. The lowest BCUT2D eigenvalue weighted by Gasteiger charge is -2.23. The van der Waals surface area contributed by atoms with Crippen molar-refractivity contribution < 1.29 is 14.7 Å². The van der Waals surface area contributed by atoms with E-state index >= 15 is 0 Å². The minimum Gasteiger partial charge on any atom is -0.478 e. The van der Waals surface area contributed by atoms with Crippen LogP contribution >= 0.6 is 0 Å². The predicted octanol–water partition coefficient (Wildman–Crippen LogP) is 5.93. The van der Waals surface area contributed by atoms with Gasteiger partial charge in [-0.05, 0) is 77.4 Å². The van der Waals surface area contributed by atoms with E-state index in [-0.39, 0.29) is 5.91 Å². The smallest absolute Gasteiger partial charge is 0.335 e. The third-order valence-electron chi connectivity index (χ3n) is 6.70. The van der Waals surface area contributed by atoms with E-state index in [1.165, 1.54) is 12.8 Å². The molecule has 1 fully saturated rings. The largest absolute Gasteiger partial charge is 0.478 e. The molecule has 0 atom stereocenters. The zero-order chi connectivity index (χ0) is 21.5. The van der Waals surface area contributed by atoms with Gasteiger partial charge in [-0.2, -0.15) is 0 Å². The SMILES string of the molecule is Cc1ccc(-c2cccc(-c3ccc4c(c3)CN(C3CCCC3)C4=O)c2)cc1C(=O)O. The number of hydrogen-bond donors (Lipinski definition) is 1. The number of rotatable bonds is 4. The van der Waals surface area contributed by atoms with Gasteiger partial charge in [-0.1, -0.05) is 49.2 Å². The number of carbonyl (C=O) groups is 2. The van der Waals surface area contributed by atoms with Crippen molar-refractivity contribution in [2.75, 3.05) is 0 Å². The molecule has 1 N–H and O–H groups in total. The van der Waals surface area contributed by atoms with Crippen LogP contribution in [0.15, 0.2) is 60.7 Å². The number of carboxylic acids is 1. The molecule has 5 rings (SSSR count). The Morgan fingerprint density at radius 2 is 1.55 bits per heavy atom.